The Morgan fingerprint density at radius 3 is 2.48 bits per heavy atom. The lowest BCUT2D eigenvalue weighted by Crippen LogP contribution is -2.06. The fourth-order valence-corrected chi connectivity index (χ4v) is 1.79. The summed E-state index contributed by atoms with van der Waals surface area (Å²) >= 11 is 0. The van der Waals surface area contributed by atoms with Crippen LogP contribution in [0.2, 0.25) is 0 Å². The Morgan fingerprint density at radius 2 is 1.86 bits per heavy atom. The first-order valence-electron chi connectivity index (χ1n) is 6.29. The molecule has 4 nitrogen and oxygen atoms in total. The maximum Gasteiger partial charge on any atom is 0.338 e. The fraction of sp³-hybridized carbons (Fsp3) is 0.133. The Kier molecular flexibility index (Phi) is 4.37. The molecule has 0 radical (unpaired) electrons. The van der Waals surface area contributed by atoms with Gasteiger partial charge in [-0.2, -0.15) is 0 Å². The molecule has 0 aliphatic carbocycles. The molecule has 0 aliphatic rings. The van der Waals surface area contributed by atoms with Gasteiger partial charge < -0.3 is 15.8 Å². The van der Waals surface area contributed by atoms with Crippen LogP contribution < -0.4 is 11.1 Å². The molecule has 110 valence electrons. The molecule has 21 heavy (non-hydrogen) atoms. The second kappa shape index (κ2) is 6.21. The molecule has 0 saturated carbocycles. The predicted molar refractivity (Wildman–Crippen MR) is 76.5 cm³/mol. The second-order valence-corrected chi connectivity index (χ2v) is 4.31. The average Bonchev–Trinajstić information content (AvgIpc) is 2.40. The summed E-state index contributed by atoms with van der Waals surface area (Å²) in [5.41, 5.74) is 6.98. The van der Waals surface area contributed by atoms with Gasteiger partial charge in [0.1, 0.15) is 11.6 Å². The van der Waals surface area contributed by atoms with Crippen LogP contribution in [0.4, 0.5) is 25.8 Å². The third-order valence-corrected chi connectivity index (χ3v) is 2.71. The minimum atomic E-state index is -0.711. The highest BCUT2D eigenvalue weighted by molar-refractivity contribution is 5.92. The minimum Gasteiger partial charge on any atom is -0.462 e. The van der Waals surface area contributed by atoms with Crippen LogP contribution in [0.3, 0.4) is 0 Å². The molecule has 0 spiro atoms. The Balaban J connectivity index is 2.30. The summed E-state index contributed by atoms with van der Waals surface area (Å²) in [5.74, 6) is -1.92. The van der Waals surface area contributed by atoms with Gasteiger partial charge in [0.15, 0.2) is 0 Å². The first-order chi connectivity index (χ1) is 9.99. The predicted octanol–water partition coefficient (Wildman–Crippen LogP) is 3.47. The second-order valence-electron chi connectivity index (χ2n) is 4.31. The quantitative estimate of drug-likeness (QED) is 0.669. The lowest BCUT2D eigenvalue weighted by atomic mass is 10.1. The molecule has 0 atom stereocenters. The normalized spacial score (nSPS) is 10.2. The number of rotatable bonds is 4. The van der Waals surface area contributed by atoms with Crippen LogP contribution in [0.15, 0.2) is 36.4 Å². The summed E-state index contributed by atoms with van der Waals surface area (Å²) < 4.78 is 31.2. The van der Waals surface area contributed by atoms with Crippen molar-refractivity contribution in [1.29, 1.82) is 0 Å². The zero-order valence-electron chi connectivity index (χ0n) is 11.3. The number of anilines is 3. The Hall–Kier alpha value is -2.63. The number of hydrogen-bond donors (Lipinski definition) is 2. The van der Waals surface area contributed by atoms with Crippen molar-refractivity contribution in [2.75, 3.05) is 17.7 Å². The molecule has 0 heterocycles. The minimum absolute atomic E-state index is 0.195. The van der Waals surface area contributed by atoms with E-state index < -0.39 is 17.6 Å². The molecule has 0 saturated heterocycles. The number of benzene rings is 2. The standard InChI is InChI=1S/C15H14F2N2O2/c1-2-21-15(20)9-3-4-13(18)14(5-9)19-12-7-10(16)6-11(17)8-12/h3-8,19H,2,18H2,1H3. The number of nitrogen functional groups attached to an aromatic ring is 1. The van der Waals surface area contributed by atoms with Gasteiger partial charge in [-0.1, -0.05) is 0 Å². The summed E-state index contributed by atoms with van der Waals surface area (Å²) in [5, 5.41) is 2.78. The molecule has 0 aliphatic heterocycles. The van der Waals surface area contributed by atoms with Crippen molar-refractivity contribution in [2.45, 2.75) is 6.92 Å². The number of ether oxygens (including phenoxy) is 1. The summed E-state index contributed by atoms with van der Waals surface area (Å²) in [6.45, 7) is 1.95. The van der Waals surface area contributed by atoms with Gasteiger partial charge in [0, 0.05) is 11.8 Å². The Labute approximate surface area is 120 Å². The molecule has 0 aromatic heterocycles. The van der Waals surface area contributed by atoms with E-state index in [4.69, 9.17) is 10.5 Å². The monoisotopic (exact) mass is 292 g/mol. The van der Waals surface area contributed by atoms with E-state index in [1.165, 1.54) is 18.2 Å². The molecule has 2 aromatic carbocycles. The largest absolute Gasteiger partial charge is 0.462 e. The van der Waals surface area contributed by atoms with Gasteiger partial charge in [0.25, 0.3) is 0 Å². The molecular formula is C15H14F2N2O2. The van der Waals surface area contributed by atoms with Crippen molar-refractivity contribution in [3.63, 3.8) is 0 Å². The number of carbonyl (C=O) groups is 1. The van der Waals surface area contributed by atoms with E-state index in [0.717, 1.165) is 18.2 Å². The van der Waals surface area contributed by atoms with E-state index in [9.17, 15) is 13.6 Å². The summed E-state index contributed by atoms with van der Waals surface area (Å²) in [7, 11) is 0. The third-order valence-electron chi connectivity index (χ3n) is 2.71. The topological polar surface area (TPSA) is 64.3 Å². The molecule has 0 unspecified atom stereocenters. The van der Waals surface area contributed by atoms with E-state index in [0.29, 0.717) is 16.9 Å². The molecular weight excluding hydrogens is 278 g/mol. The highest BCUT2D eigenvalue weighted by Crippen LogP contribution is 2.25. The Bertz CT molecular complexity index is 654. The number of halogens is 2. The number of carbonyl (C=O) groups excluding carboxylic acids is 1. The third kappa shape index (κ3) is 3.68. The van der Waals surface area contributed by atoms with Crippen molar-refractivity contribution < 1.29 is 18.3 Å². The first-order valence-corrected chi connectivity index (χ1v) is 6.29. The number of nitrogens with one attached hydrogen (secondary N) is 1. The smallest absolute Gasteiger partial charge is 0.338 e. The van der Waals surface area contributed by atoms with Gasteiger partial charge in [0.2, 0.25) is 0 Å². The van der Waals surface area contributed by atoms with Crippen LogP contribution in [0.25, 0.3) is 0 Å². The maximum atomic E-state index is 13.2. The highest BCUT2D eigenvalue weighted by Gasteiger charge is 2.10. The van der Waals surface area contributed by atoms with E-state index in [1.807, 2.05) is 0 Å². The van der Waals surface area contributed by atoms with Crippen molar-refractivity contribution in [1.82, 2.24) is 0 Å². The average molecular weight is 292 g/mol. The molecule has 0 bridgehead atoms. The van der Waals surface area contributed by atoms with E-state index in [1.54, 1.807) is 6.92 Å². The molecule has 3 N–H and O–H groups in total. The number of hydrogen-bond acceptors (Lipinski definition) is 4. The van der Waals surface area contributed by atoms with Crippen LogP contribution >= 0.6 is 0 Å². The van der Waals surface area contributed by atoms with E-state index in [-0.39, 0.29) is 12.3 Å². The van der Waals surface area contributed by atoms with Crippen molar-refractivity contribution in [2.24, 2.45) is 0 Å². The molecule has 6 heteroatoms. The Morgan fingerprint density at radius 1 is 1.19 bits per heavy atom. The van der Waals surface area contributed by atoms with Crippen molar-refractivity contribution >= 4 is 23.0 Å². The van der Waals surface area contributed by atoms with Crippen LogP contribution in [-0.4, -0.2) is 12.6 Å². The first kappa shape index (κ1) is 14.8. The van der Waals surface area contributed by atoms with E-state index in [2.05, 4.69) is 5.32 Å². The molecule has 0 amide bonds. The van der Waals surface area contributed by atoms with Crippen LogP contribution in [-0.2, 0) is 4.74 Å². The van der Waals surface area contributed by atoms with Crippen LogP contribution in [0, 0.1) is 11.6 Å². The summed E-state index contributed by atoms with van der Waals surface area (Å²) in [4.78, 5) is 11.7. The van der Waals surface area contributed by atoms with E-state index >= 15 is 0 Å². The SMILES string of the molecule is CCOC(=O)c1ccc(N)c(Nc2cc(F)cc(F)c2)c1. The van der Waals surface area contributed by atoms with Crippen molar-refractivity contribution in [3.8, 4) is 0 Å². The van der Waals surface area contributed by atoms with Gasteiger partial charge >= 0.3 is 5.97 Å². The fourth-order valence-electron chi connectivity index (χ4n) is 1.79. The molecule has 0 fully saturated rings. The zero-order valence-corrected chi connectivity index (χ0v) is 11.3. The van der Waals surface area contributed by atoms with Crippen LogP contribution in [0.1, 0.15) is 17.3 Å². The van der Waals surface area contributed by atoms with Crippen LogP contribution in [0.5, 0.6) is 0 Å². The maximum absolute atomic E-state index is 13.2. The summed E-state index contributed by atoms with van der Waals surface area (Å²) in [6.07, 6.45) is 0. The van der Waals surface area contributed by atoms with Gasteiger partial charge in [-0.25, -0.2) is 13.6 Å². The highest BCUT2D eigenvalue weighted by atomic mass is 19.1. The molecule has 2 aromatic rings. The number of esters is 1. The lowest BCUT2D eigenvalue weighted by molar-refractivity contribution is 0.0526. The molecule has 2 rings (SSSR count). The lowest BCUT2D eigenvalue weighted by Gasteiger charge is -2.11. The van der Waals surface area contributed by atoms with Gasteiger partial charge in [-0.3, -0.25) is 0 Å². The number of nitrogens with two attached hydrogens (primary N) is 1. The summed E-state index contributed by atoms with van der Waals surface area (Å²) in [6, 6.07) is 7.52. The van der Waals surface area contributed by atoms with Gasteiger partial charge in [0.05, 0.1) is 23.5 Å². The van der Waals surface area contributed by atoms with Gasteiger partial charge in [-0.15, -0.1) is 0 Å². The van der Waals surface area contributed by atoms with Crippen molar-refractivity contribution in [3.05, 3.63) is 53.6 Å². The zero-order chi connectivity index (χ0) is 15.4. The van der Waals surface area contributed by atoms with Gasteiger partial charge in [-0.05, 0) is 37.3 Å².